The highest BCUT2D eigenvalue weighted by atomic mass is 16.2. The van der Waals surface area contributed by atoms with Crippen LogP contribution in [0.4, 0.5) is 0 Å². The number of nitrogens with zero attached hydrogens (tertiary/aromatic N) is 2. The van der Waals surface area contributed by atoms with E-state index in [4.69, 9.17) is 0 Å². The molecule has 0 aromatic carbocycles. The molecule has 4 heteroatoms. The molecule has 1 amide bonds. The highest BCUT2D eigenvalue weighted by Gasteiger charge is 2.07. The van der Waals surface area contributed by atoms with E-state index in [0.29, 0.717) is 6.42 Å². The van der Waals surface area contributed by atoms with Gasteiger partial charge in [0.2, 0.25) is 5.91 Å². The fourth-order valence-corrected chi connectivity index (χ4v) is 1.57. The van der Waals surface area contributed by atoms with Crippen LogP contribution in [0.15, 0.2) is 24.5 Å². The van der Waals surface area contributed by atoms with Crippen LogP contribution in [-0.2, 0) is 11.2 Å². The number of carbonyl (C=O) groups excluding carboxylic acids is 1. The number of rotatable bonds is 7. The summed E-state index contributed by atoms with van der Waals surface area (Å²) in [6, 6.07) is 3.95. The van der Waals surface area contributed by atoms with Crippen LogP contribution >= 0.6 is 0 Å². The first-order valence-corrected chi connectivity index (χ1v) is 6.01. The molecular formula is C13H21N3O. The Morgan fingerprint density at radius 1 is 1.53 bits per heavy atom. The summed E-state index contributed by atoms with van der Waals surface area (Å²) in [6.07, 6.45) is 5.98. The standard InChI is InChI=1S/C13H21N3O/c1-14-8-4-6-13(17)16(2)10-7-12-5-3-9-15-11-12/h3,5,9,11,14H,4,6-8,10H2,1-2H3. The van der Waals surface area contributed by atoms with Crippen molar-refractivity contribution in [3.8, 4) is 0 Å². The van der Waals surface area contributed by atoms with Gasteiger partial charge < -0.3 is 10.2 Å². The Morgan fingerprint density at radius 3 is 3.00 bits per heavy atom. The lowest BCUT2D eigenvalue weighted by Crippen LogP contribution is -2.29. The number of amides is 1. The molecule has 0 atom stereocenters. The third kappa shape index (κ3) is 5.45. The average molecular weight is 235 g/mol. The average Bonchev–Trinajstić information content (AvgIpc) is 2.37. The Morgan fingerprint density at radius 2 is 2.35 bits per heavy atom. The SMILES string of the molecule is CNCCCC(=O)N(C)CCc1cccnc1. The fraction of sp³-hybridized carbons (Fsp3) is 0.538. The van der Waals surface area contributed by atoms with Crippen molar-refractivity contribution in [2.45, 2.75) is 19.3 Å². The van der Waals surface area contributed by atoms with Gasteiger partial charge in [-0.1, -0.05) is 6.07 Å². The largest absolute Gasteiger partial charge is 0.345 e. The van der Waals surface area contributed by atoms with Crippen LogP contribution in [0.3, 0.4) is 0 Å². The summed E-state index contributed by atoms with van der Waals surface area (Å²) >= 11 is 0. The monoisotopic (exact) mass is 235 g/mol. The maximum Gasteiger partial charge on any atom is 0.222 e. The molecule has 0 aliphatic heterocycles. The zero-order valence-electron chi connectivity index (χ0n) is 10.6. The lowest BCUT2D eigenvalue weighted by Gasteiger charge is -2.17. The molecule has 17 heavy (non-hydrogen) atoms. The van der Waals surface area contributed by atoms with E-state index in [-0.39, 0.29) is 5.91 Å². The Hall–Kier alpha value is -1.42. The van der Waals surface area contributed by atoms with E-state index in [9.17, 15) is 4.79 Å². The molecule has 0 radical (unpaired) electrons. The zero-order chi connectivity index (χ0) is 12.5. The number of nitrogens with one attached hydrogen (secondary N) is 1. The number of hydrogen-bond donors (Lipinski definition) is 1. The van der Waals surface area contributed by atoms with Crippen molar-refractivity contribution in [2.75, 3.05) is 27.2 Å². The van der Waals surface area contributed by atoms with Crippen LogP contribution < -0.4 is 5.32 Å². The van der Waals surface area contributed by atoms with Gasteiger partial charge >= 0.3 is 0 Å². The zero-order valence-corrected chi connectivity index (χ0v) is 10.6. The van der Waals surface area contributed by atoms with Crippen molar-refractivity contribution in [2.24, 2.45) is 0 Å². The smallest absolute Gasteiger partial charge is 0.222 e. The molecule has 0 saturated carbocycles. The van der Waals surface area contributed by atoms with E-state index in [1.165, 1.54) is 5.56 Å². The van der Waals surface area contributed by atoms with Crippen molar-refractivity contribution in [1.29, 1.82) is 0 Å². The summed E-state index contributed by atoms with van der Waals surface area (Å²) in [7, 11) is 3.76. The van der Waals surface area contributed by atoms with Crippen molar-refractivity contribution >= 4 is 5.91 Å². The van der Waals surface area contributed by atoms with Gasteiger partial charge in [0.15, 0.2) is 0 Å². The lowest BCUT2D eigenvalue weighted by atomic mass is 10.2. The Balaban J connectivity index is 2.24. The van der Waals surface area contributed by atoms with Gasteiger partial charge in [0.05, 0.1) is 0 Å². The highest BCUT2D eigenvalue weighted by molar-refractivity contribution is 5.75. The highest BCUT2D eigenvalue weighted by Crippen LogP contribution is 2.00. The fourth-order valence-electron chi connectivity index (χ4n) is 1.57. The summed E-state index contributed by atoms with van der Waals surface area (Å²) in [6.45, 7) is 1.65. The normalized spacial score (nSPS) is 10.2. The maximum atomic E-state index is 11.7. The molecule has 4 nitrogen and oxygen atoms in total. The number of aromatic nitrogens is 1. The first kappa shape index (κ1) is 13.6. The van der Waals surface area contributed by atoms with Crippen LogP contribution in [0.1, 0.15) is 18.4 Å². The van der Waals surface area contributed by atoms with Crippen LogP contribution in [0.5, 0.6) is 0 Å². The summed E-state index contributed by atoms with van der Waals surface area (Å²) in [5.74, 6) is 0.212. The molecule has 0 aliphatic carbocycles. The van der Waals surface area contributed by atoms with Gasteiger partial charge in [0, 0.05) is 32.4 Å². The van der Waals surface area contributed by atoms with Crippen molar-refractivity contribution in [3.63, 3.8) is 0 Å². The molecule has 1 aromatic rings. The minimum Gasteiger partial charge on any atom is -0.345 e. The molecule has 0 saturated heterocycles. The van der Waals surface area contributed by atoms with E-state index in [1.807, 2.05) is 32.4 Å². The first-order chi connectivity index (χ1) is 8.24. The molecule has 0 unspecified atom stereocenters. The van der Waals surface area contributed by atoms with E-state index in [0.717, 1.165) is 25.9 Å². The molecular weight excluding hydrogens is 214 g/mol. The number of carbonyl (C=O) groups is 1. The minimum absolute atomic E-state index is 0.212. The van der Waals surface area contributed by atoms with Gasteiger partial charge in [0.25, 0.3) is 0 Å². The third-order valence-electron chi connectivity index (χ3n) is 2.70. The van der Waals surface area contributed by atoms with Gasteiger partial charge in [0.1, 0.15) is 0 Å². The van der Waals surface area contributed by atoms with Crippen LogP contribution in [-0.4, -0.2) is 43.0 Å². The molecule has 1 aromatic heterocycles. The Labute approximate surface area is 103 Å². The minimum atomic E-state index is 0.212. The van der Waals surface area contributed by atoms with Crippen molar-refractivity contribution in [1.82, 2.24) is 15.2 Å². The summed E-state index contributed by atoms with van der Waals surface area (Å²) in [5, 5.41) is 3.04. The van der Waals surface area contributed by atoms with Gasteiger partial charge in [-0.25, -0.2) is 0 Å². The molecule has 94 valence electrons. The number of hydrogen-bond acceptors (Lipinski definition) is 3. The molecule has 0 aliphatic rings. The van der Waals surface area contributed by atoms with E-state index >= 15 is 0 Å². The van der Waals surface area contributed by atoms with Crippen molar-refractivity contribution < 1.29 is 4.79 Å². The number of pyridine rings is 1. The van der Waals surface area contributed by atoms with Gasteiger partial charge in [-0.2, -0.15) is 0 Å². The van der Waals surface area contributed by atoms with Gasteiger partial charge in [-0.05, 0) is 38.1 Å². The van der Waals surface area contributed by atoms with Crippen molar-refractivity contribution in [3.05, 3.63) is 30.1 Å². The summed E-state index contributed by atoms with van der Waals surface area (Å²) < 4.78 is 0. The lowest BCUT2D eigenvalue weighted by molar-refractivity contribution is -0.129. The second-order valence-corrected chi connectivity index (χ2v) is 4.13. The number of likely N-dealkylation sites (N-methyl/N-ethyl adjacent to an activating group) is 1. The molecule has 0 fully saturated rings. The van der Waals surface area contributed by atoms with Gasteiger partial charge in [-0.15, -0.1) is 0 Å². The molecule has 0 spiro atoms. The predicted molar refractivity (Wildman–Crippen MR) is 68.7 cm³/mol. The van der Waals surface area contributed by atoms with E-state index in [1.54, 1.807) is 11.1 Å². The van der Waals surface area contributed by atoms with E-state index in [2.05, 4.69) is 10.3 Å². The predicted octanol–water partition coefficient (Wildman–Crippen LogP) is 1.08. The van der Waals surface area contributed by atoms with E-state index < -0.39 is 0 Å². The third-order valence-corrected chi connectivity index (χ3v) is 2.70. The molecule has 1 rings (SSSR count). The van der Waals surface area contributed by atoms with Crippen LogP contribution in [0.2, 0.25) is 0 Å². The van der Waals surface area contributed by atoms with Crippen LogP contribution in [0.25, 0.3) is 0 Å². The van der Waals surface area contributed by atoms with Crippen LogP contribution in [0, 0.1) is 0 Å². The Bertz CT molecular complexity index is 327. The molecule has 0 bridgehead atoms. The molecule has 1 N–H and O–H groups in total. The topological polar surface area (TPSA) is 45.2 Å². The molecule has 1 heterocycles. The summed E-state index contributed by atoms with van der Waals surface area (Å²) in [4.78, 5) is 17.6. The quantitative estimate of drug-likeness (QED) is 0.719. The summed E-state index contributed by atoms with van der Waals surface area (Å²) in [5.41, 5.74) is 1.17. The Kier molecular flexibility index (Phi) is 6.25. The second-order valence-electron chi connectivity index (χ2n) is 4.13. The van der Waals surface area contributed by atoms with Gasteiger partial charge in [-0.3, -0.25) is 9.78 Å². The second kappa shape index (κ2) is 7.79. The first-order valence-electron chi connectivity index (χ1n) is 6.01. The maximum absolute atomic E-state index is 11.7.